The number of amides is 1. The molecule has 0 unspecified atom stereocenters. The largest absolute Gasteiger partial charge is 0.497 e. The van der Waals surface area contributed by atoms with Crippen molar-refractivity contribution in [2.24, 2.45) is 0 Å². The summed E-state index contributed by atoms with van der Waals surface area (Å²) in [6.45, 7) is 4.64. The van der Waals surface area contributed by atoms with Crippen molar-refractivity contribution in [1.29, 1.82) is 0 Å². The van der Waals surface area contributed by atoms with E-state index in [1.165, 1.54) is 11.8 Å². The summed E-state index contributed by atoms with van der Waals surface area (Å²) >= 11 is 13.5. The van der Waals surface area contributed by atoms with Crippen LogP contribution in [0, 0.1) is 6.92 Å². The molecule has 3 aromatic rings. The molecule has 1 N–H and O–H groups in total. The Labute approximate surface area is 195 Å². The number of methoxy groups -OCH3 is 1. The van der Waals surface area contributed by atoms with Crippen LogP contribution < -0.4 is 10.1 Å². The second-order valence-corrected chi connectivity index (χ2v) is 8.52. The van der Waals surface area contributed by atoms with Crippen LogP contribution in [0.1, 0.15) is 25.5 Å². The molecular formula is C21H23Cl2N5O2S. The Morgan fingerprint density at radius 2 is 1.94 bits per heavy atom. The molecule has 0 aliphatic heterocycles. The zero-order valence-electron chi connectivity index (χ0n) is 17.5. The lowest BCUT2D eigenvalue weighted by Crippen LogP contribution is -2.16. The van der Waals surface area contributed by atoms with E-state index in [0.29, 0.717) is 26.7 Å². The number of anilines is 1. The zero-order valence-corrected chi connectivity index (χ0v) is 19.8. The number of pyridine rings is 1. The van der Waals surface area contributed by atoms with Crippen molar-refractivity contribution < 1.29 is 9.53 Å². The molecule has 0 fully saturated rings. The Morgan fingerprint density at radius 3 is 2.61 bits per heavy atom. The maximum Gasteiger partial charge on any atom is 0.236 e. The van der Waals surface area contributed by atoms with E-state index in [9.17, 15) is 4.79 Å². The molecule has 2 heterocycles. The molecule has 10 heteroatoms. The number of carbonyl (C=O) groups is 1. The maximum atomic E-state index is 12.5. The number of carbonyl (C=O) groups excluding carboxylic acids is 1. The molecular weight excluding hydrogens is 457 g/mol. The van der Waals surface area contributed by atoms with E-state index in [2.05, 4.69) is 27.4 Å². The van der Waals surface area contributed by atoms with Gasteiger partial charge in [0.2, 0.25) is 5.91 Å². The number of aromatic nitrogens is 4. The minimum atomic E-state index is -0.239. The van der Waals surface area contributed by atoms with Gasteiger partial charge in [-0.1, -0.05) is 48.3 Å². The molecule has 0 atom stereocenters. The molecule has 0 radical (unpaired) electrons. The fraction of sp³-hybridized carbons (Fsp3) is 0.333. The molecule has 2 aromatic heterocycles. The Kier molecular flexibility index (Phi) is 8.17. The fourth-order valence-corrected chi connectivity index (χ4v) is 3.98. The van der Waals surface area contributed by atoms with Crippen molar-refractivity contribution in [3.63, 3.8) is 0 Å². The van der Waals surface area contributed by atoms with Crippen LogP contribution in [0.2, 0.25) is 10.0 Å². The molecule has 31 heavy (non-hydrogen) atoms. The van der Waals surface area contributed by atoms with E-state index >= 15 is 0 Å². The second kappa shape index (κ2) is 10.8. The molecule has 164 valence electrons. The number of unbranched alkanes of at least 4 members (excludes halogenated alkanes) is 1. The van der Waals surface area contributed by atoms with Crippen molar-refractivity contribution in [2.75, 3.05) is 18.2 Å². The van der Waals surface area contributed by atoms with Gasteiger partial charge in [0, 0.05) is 12.1 Å². The number of thioether (sulfide) groups is 1. The number of rotatable bonds is 9. The van der Waals surface area contributed by atoms with Crippen LogP contribution in [-0.4, -0.2) is 38.5 Å². The van der Waals surface area contributed by atoms with E-state index < -0.39 is 0 Å². The van der Waals surface area contributed by atoms with Crippen molar-refractivity contribution >= 4 is 46.7 Å². The normalized spacial score (nSPS) is 10.9. The van der Waals surface area contributed by atoms with Gasteiger partial charge in [-0.2, -0.15) is 0 Å². The number of nitrogens with zero attached hydrogens (tertiary/aromatic N) is 4. The molecule has 0 saturated carbocycles. The molecule has 3 rings (SSSR count). The number of benzene rings is 1. The van der Waals surface area contributed by atoms with E-state index in [4.69, 9.17) is 27.9 Å². The van der Waals surface area contributed by atoms with Gasteiger partial charge in [-0.15, -0.1) is 10.2 Å². The van der Waals surface area contributed by atoms with Gasteiger partial charge in [0.15, 0.2) is 16.8 Å². The second-order valence-electron chi connectivity index (χ2n) is 6.76. The molecule has 0 bridgehead atoms. The molecule has 0 aliphatic rings. The van der Waals surface area contributed by atoms with Crippen molar-refractivity contribution in [3.8, 4) is 17.1 Å². The lowest BCUT2D eigenvalue weighted by atomic mass is 10.2. The highest BCUT2D eigenvalue weighted by molar-refractivity contribution is 7.99. The summed E-state index contributed by atoms with van der Waals surface area (Å²) in [5.41, 5.74) is 1.53. The van der Waals surface area contributed by atoms with E-state index in [-0.39, 0.29) is 11.7 Å². The monoisotopic (exact) mass is 479 g/mol. The van der Waals surface area contributed by atoms with Gasteiger partial charge in [0.25, 0.3) is 0 Å². The first-order chi connectivity index (χ1) is 14.9. The third kappa shape index (κ3) is 5.90. The average molecular weight is 480 g/mol. The number of nitrogens with one attached hydrogen (secondary N) is 1. The minimum Gasteiger partial charge on any atom is -0.497 e. The number of hydrogen-bond acceptors (Lipinski definition) is 6. The topological polar surface area (TPSA) is 81.9 Å². The highest BCUT2D eigenvalue weighted by Gasteiger charge is 2.17. The van der Waals surface area contributed by atoms with Gasteiger partial charge in [-0.05, 0) is 43.7 Å². The van der Waals surface area contributed by atoms with Gasteiger partial charge in [0.05, 0.1) is 28.6 Å². The highest BCUT2D eigenvalue weighted by atomic mass is 35.5. The lowest BCUT2D eigenvalue weighted by molar-refractivity contribution is -0.113. The summed E-state index contributed by atoms with van der Waals surface area (Å²) in [5, 5.41) is 12.8. The van der Waals surface area contributed by atoms with Gasteiger partial charge < -0.3 is 14.6 Å². The molecule has 0 aliphatic carbocycles. The Balaban J connectivity index is 1.74. The van der Waals surface area contributed by atoms with Crippen molar-refractivity contribution in [3.05, 3.63) is 46.1 Å². The van der Waals surface area contributed by atoms with Crippen LogP contribution in [0.3, 0.4) is 0 Å². The third-order valence-electron chi connectivity index (χ3n) is 4.50. The lowest BCUT2D eigenvalue weighted by Gasteiger charge is -2.11. The predicted molar refractivity (Wildman–Crippen MR) is 125 cm³/mol. The maximum absolute atomic E-state index is 12.5. The van der Waals surface area contributed by atoms with Crippen LogP contribution >= 0.6 is 35.0 Å². The standard InChI is InChI=1S/C21H23Cl2N5O2S/c1-4-5-10-28-20(14-6-8-15(30-3)9-7-14)26-27-21(28)31-12-18(29)25-19-17(23)11-16(22)13(2)24-19/h6-9,11H,4-5,10,12H2,1-3H3,(H,24,25,29). The third-order valence-corrected chi connectivity index (χ3v) is 6.13. The molecule has 0 saturated heterocycles. The first-order valence-electron chi connectivity index (χ1n) is 9.75. The van der Waals surface area contributed by atoms with Crippen LogP contribution in [0.4, 0.5) is 5.82 Å². The SMILES string of the molecule is CCCCn1c(SCC(=O)Nc2nc(C)c(Cl)cc2Cl)nnc1-c1ccc(OC)cc1. The smallest absolute Gasteiger partial charge is 0.236 e. The van der Waals surface area contributed by atoms with Gasteiger partial charge in [0.1, 0.15) is 5.75 Å². The summed E-state index contributed by atoms with van der Waals surface area (Å²) < 4.78 is 7.27. The van der Waals surface area contributed by atoms with Crippen LogP contribution in [-0.2, 0) is 11.3 Å². The summed E-state index contributed by atoms with van der Waals surface area (Å²) in [5.74, 6) is 1.74. The summed E-state index contributed by atoms with van der Waals surface area (Å²) in [4.78, 5) is 16.7. The average Bonchev–Trinajstić information content (AvgIpc) is 3.17. The van der Waals surface area contributed by atoms with Gasteiger partial charge in [-0.3, -0.25) is 4.79 Å². The first kappa shape index (κ1) is 23.4. The van der Waals surface area contributed by atoms with E-state index in [0.717, 1.165) is 36.5 Å². The minimum absolute atomic E-state index is 0.145. The molecule has 0 spiro atoms. The first-order valence-corrected chi connectivity index (χ1v) is 11.5. The zero-order chi connectivity index (χ0) is 22.4. The van der Waals surface area contributed by atoms with Crippen molar-refractivity contribution in [2.45, 2.75) is 38.4 Å². The fourth-order valence-electron chi connectivity index (χ4n) is 2.81. The Morgan fingerprint density at radius 1 is 1.19 bits per heavy atom. The number of hydrogen-bond donors (Lipinski definition) is 1. The summed E-state index contributed by atoms with van der Waals surface area (Å²) in [6, 6.07) is 9.24. The van der Waals surface area contributed by atoms with E-state index in [1.54, 1.807) is 20.1 Å². The van der Waals surface area contributed by atoms with Crippen LogP contribution in [0.15, 0.2) is 35.5 Å². The molecule has 1 amide bonds. The van der Waals surface area contributed by atoms with Crippen LogP contribution in [0.25, 0.3) is 11.4 Å². The quantitative estimate of drug-likeness (QED) is 0.408. The summed E-state index contributed by atoms with van der Waals surface area (Å²) in [6.07, 6.45) is 2.01. The number of ether oxygens (including phenoxy) is 1. The van der Waals surface area contributed by atoms with Crippen LogP contribution in [0.5, 0.6) is 5.75 Å². The summed E-state index contributed by atoms with van der Waals surface area (Å²) in [7, 11) is 1.63. The Bertz CT molecular complexity index is 1060. The number of halogens is 2. The number of aryl methyl sites for hydroxylation is 1. The Hall–Kier alpha value is -2.29. The molecule has 1 aromatic carbocycles. The predicted octanol–water partition coefficient (Wildman–Crippen LogP) is 5.49. The van der Waals surface area contributed by atoms with E-state index in [1.807, 2.05) is 28.8 Å². The van der Waals surface area contributed by atoms with Crippen molar-refractivity contribution in [1.82, 2.24) is 19.7 Å². The van der Waals surface area contributed by atoms with Gasteiger partial charge in [-0.25, -0.2) is 4.98 Å². The highest BCUT2D eigenvalue weighted by Crippen LogP contribution is 2.28. The molecule has 7 nitrogen and oxygen atoms in total. The van der Waals surface area contributed by atoms with Gasteiger partial charge >= 0.3 is 0 Å².